The number of ketones is 1. The first-order chi connectivity index (χ1) is 11.1. The molecule has 1 spiro atoms. The number of hydrogen-bond acceptors (Lipinski definition) is 7. The maximum atomic E-state index is 12.6. The minimum Gasteiger partial charge on any atom is -0.495 e. The fourth-order valence-corrected chi connectivity index (χ4v) is 3.91. The summed E-state index contributed by atoms with van der Waals surface area (Å²) in [5.41, 5.74) is 2.66. The highest BCUT2D eigenvalue weighted by Crippen LogP contribution is 2.63. The van der Waals surface area contributed by atoms with Crippen molar-refractivity contribution in [2.75, 3.05) is 41.7 Å². The molecule has 1 saturated heterocycles. The second kappa shape index (κ2) is 4.75. The van der Waals surface area contributed by atoms with Crippen molar-refractivity contribution in [1.29, 1.82) is 0 Å². The van der Waals surface area contributed by atoms with E-state index in [-0.39, 0.29) is 11.9 Å². The highest BCUT2D eigenvalue weighted by molar-refractivity contribution is 6.14. The van der Waals surface area contributed by atoms with Crippen LogP contribution in [0.25, 0.3) is 0 Å². The predicted octanol–water partition coefficient (Wildman–Crippen LogP) is 1.24. The van der Waals surface area contributed by atoms with Crippen molar-refractivity contribution in [3.8, 4) is 5.75 Å². The summed E-state index contributed by atoms with van der Waals surface area (Å²) in [4.78, 5) is 12.6. The van der Waals surface area contributed by atoms with Gasteiger partial charge in [-0.15, -0.1) is 0 Å². The highest BCUT2D eigenvalue weighted by Gasteiger charge is 2.64. The quantitative estimate of drug-likeness (QED) is 0.772. The summed E-state index contributed by atoms with van der Waals surface area (Å²) in [7, 11) is 5.99. The Morgan fingerprint density at radius 2 is 1.78 bits per heavy atom. The van der Waals surface area contributed by atoms with E-state index in [1.165, 1.54) is 21.3 Å². The number of Topliss-reactive ketones (excluding diaryl/α,β-unsaturated/α-hetero) is 1. The molecular weight excluding hydrogens is 304 g/mol. The number of carbonyl (C=O) groups is 1. The molecule has 1 aliphatic heterocycles. The molecule has 4 rings (SSSR count). The number of benzene rings is 1. The number of carbonyl (C=O) groups excluding carboxylic acids is 1. The van der Waals surface area contributed by atoms with Gasteiger partial charge in [0, 0.05) is 26.9 Å². The van der Waals surface area contributed by atoms with E-state index in [4.69, 9.17) is 28.4 Å². The van der Waals surface area contributed by atoms with Crippen LogP contribution < -0.4 is 4.74 Å². The van der Waals surface area contributed by atoms with Crippen molar-refractivity contribution in [3.63, 3.8) is 0 Å². The zero-order valence-electron chi connectivity index (χ0n) is 13.4. The van der Waals surface area contributed by atoms with Crippen LogP contribution in [0.4, 0.5) is 0 Å². The third-order valence-electron chi connectivity index (χ3n) is 4.90. The Balaban J connectivity index is 1.95. The maximum Gasteiger partial charge on any atom is 0.261 e. The molecule has 7 nitrogen and oxygen atoms in total. The third kappa shape index (κ3) is 1.45. The SMILES string of the molecule is COc1c2c(cc3c1C1(OCCO1)C3OC)C(OC)(OC)C2=O. The summed E-state index contributed by atoms with van der Waals surface area (Å²) in [6, 6.07) is 1.85. The van der Waals surface area contributed by atoms with Crippen molar-refractivity contribution in [1.82, 2.24) is 0 Å². The maximum absolute atomic E-state index is 12.6. The topological polar surface area (TPSA) is 72.5 Å². The molecule has 124 valence electrons. The zero-order valence-corrected chi connectivity index (χ0v) is 13.4. The smallest absolute Gasteiger partial charge is 0.261 e. The first kappa shape index (κ1) is 15.0. The Morgan fingerprint density at radius 3 is 2.30 bits per heavy atom. The van der Waals surface area contributed by atoms with Crippen molar-refractivity contribution in [2.45, 2.75) is 17.7 Å². The van der Waals surface area contributed by atoms with E-state index >= 15 is 0 Å². The van der Waals surface area contributed by atoms with E-state index in [0.29, 0.717) is 30.1 Å². The van der Waals surface area contributed by atoms with Crippen LogP contribution in [-0.2, 0) is 35.3 Å². The van der Waals surface area contributed by atoms with Crippen molar-refractivity contribution < 1.29 is 33.2 Å². The first-order valence-corrected chi connectivity index (χ1v) is 7.33. The Morgan fingerprint density at radius 1 is 1.13 bits per heavy atom. The van der Waals surface area contributed by atoms with Crippen LogP contribution in [0, 0.1) is 0 Å². The lowest BCUT2D eigenvalue weighted by Gasteiger charge is -2.49. The van der Waals surface area contributed by atoms with Crippen LogP contribution in [0.15, 0.2) is 6.07 Å². The molecule has 1 unspecified atom stereocenters. The van der Waals surface area contributed by atoms with E-state index < -0.39 is 11.6 Å². The van der Waals surface area contributed by atoms with Crippen molar-refractivity contribution >= 4 is 5.78 Å². The second-order valence-electron chi connectivity index (χ2n) is 5.63. The van der Waals surface area contributed by atoms with E-state index in [1.54, 1.807) is 7.11 Å². The van der Waals surface area contributed by atoms with E-state index in [9.17, 15) is 4.79 Å². The van der Waals surface area contributed by atoms with Crippen LogP contribution in [0.3, 0.4) is 0 Å². The molecule has 1 fully saturated rings. The summed E-state index contributed by atoms with van der Waals surface area (Å²) in [6.45, 7) is 0.932. The Labute approximate surface area is 133 Å². The molecule has 1 heterocycles. The number of ether oxygens (including phenoxy) is 6. The molecule has 2 aliphatic carbocycles. The van der Waals surface area contributed by atoms with Gasteiger partial charge in [0.15, 0.2) is 0 Å². The van der Waals surface area contributed by atoms with Gasteiger partial charge < -0.3 is 28.4 Å². The average molecular weight is 322 g/mol. The fraction of sp³-hybridized carbons (Fsp3) is 0.562. The van der Waals surface area contributed by atoms with Crippen LogP contribution in [0.5, 0.6) is 5.75 Å². The summed E-state index contributed by atoms with van der Waals surface area (Å²) < 4.78 is 33.4. The molecule has 0 bridgehead atoms. The highest BCUT2D eigenvalue weighted by atomic mass is 16.8. The van der Waals surface area contributed by atoms with Gasteiger partial charge in [0.25, 0.3) is 5.79 Å². The van der Waals surface area contributed by atoms with Crippen LogP contribution in [0.2, 0.25) is 0 Å². The van der Waals surface area contributed by atoms with Crippen LogP contribution in [0.1, 0.15) is 33.2 Å². The van der Waals surface area contributed by atoms with Crippen molar-refractivity contribution in [3.05, 3.63) is 28.3 Å². The molecule has 1 aromatic carbocycles. The molecule has 0 aromatic heterocycles. The Hall–Kier alpha value is -1.51. The van der Waals surface area contributed by atoms with Crippen molar-refractivity contribution in [2.24, 2.45) is 0 Å². The zero-order chi connectivity index (χ0) is 16.4. The minimum absolute atomic E-state index is 0.272. The third-order valence-corrected chi connectivity index (χ3v) is 4.90. The number of fused-ring (bicyclic) bond motifs is 3. The summed E-state index contributed by atoms with van der Waals surface area (Å²) in [5, 5.41) is 0. The van der Waals surface area contributed by atoms with Gasteiger partial charge in [-0.2, -0.15) is 0 Å². The first-order valence-electron chi connectivity index (χ1n) is 7.33. The molecule has 0 amide bonds. The van der Waals surface area contributed by atoms with E-state index in [2.05, 4.69) is 0 Å². The van der Waals surface area contributed by atoms with Crippen LogP contribution >= 0.6 is 0 Å². The predicted molar refractivity (Wildman–Crippen MR) is 76.4 cm³/mol. The summed E-state index contributed by atoms with van der Waals surface area (Å²) in [5.74, 6) is -2.20. The van der Waals surface area contributed by atoms with Gasteiger partial charge in [0.2, 0.25) is 11.6 Å². The van der Waals surface area contributed by atoms with Gasteiger partial charge in [-0.25, -0.2) is 0 Å². The second-order valence-corrected chi connectivity index (χ2v) is 5.63. The molecule has 1 aromatic rings. The lowest BCUT2D eigenvalue weighted by atomic mass is 9.69. The van der Waals surface area contributed by atoms with Gasteiger partial charge in [-0.3, -0.25) is 4.79 Å². The monoisotopic (exact) mass is 322 g/mol. The van der Waals surface area contributed by atoms with E-state index in [0.717, 1.165) is 11.1 Å². The average Bonchev–Trinajstić information content (AvgIpc) is 3.06. The summed E-state index contributed by atoms with van der Waals surface area (Å²) >= 11 is 0. The molecule has 0 saturated carbocycles. The fourth-order valence-electron chi connectivity index (χ4n) is 3.91. The normalized spacial score (nSPS) is 25.6. The standard InChI is InChI=1S/C16H18O7/c1-18-12-10-9(15(20-3,21-4)13(10)17)7-8-11(12)16(14(8)19-2)22-5-6-23-16/h7,14H,5-6H2,1-4H3. The van der Waals surface area contributed by atoms with Gasteiger partial charge in [-0.05, 0) is 11.6 Å². The molecule has 0 N–H and O–H groups in total. The molecule has 23 heavy (non-hydrogen) atoms. The Kier molecular flexibility index (Phi) is 3.11. The number of rotatable bonds is 4. The van der Waals surface area contributed by atoms with Gasteiger partial charge >= 0.3 is 0 Å². The number of hydrogen-bond donors (Lipinski definition) is 0. The minimum atomic E-state index is -1.38. The largest absolute Gasteiger partial charge is 0.495 e. The lowest BCUT2D eigenvalue weighted by molar-refractivity contribution is -0.264. The number of methoxy groups -OCH3 is 4. The summed E-state index contributed by atoms with van der Waals surface area (Å²) in [6.07, 6.45) is -0.388. The molecule has 0 radical (unpaired) electrons. The van der Waals surface area contributed by atoms with Gasteiger partial charge in [0.05, 0.1) is 31.5 Å². The molecule has 7 heteroatoms. The molecular formula is C16H18O7. The van der Waals surface area contributed by atoms with Gasteiger partial charge in [0.1, 0.15) is 11.9 Å². The van der Waals surface area contributed by atoms with Gasteiger partial charge in [-0.1, -0.05) is 0 Å². The molecule has 1 atom stereocenters. The molecule has 3 aliphatic rings. The van der Waals surface area contributed by atoms with Crippen LogP contribution in [-0.4, -0.2) is 47.4 Å². The Bertz CT molecular complexity index is 686. The van der Waals surface area contributed by atoms with E-state index in [1.807, 2.05) is 6.07 Å². The lowest BCUT2D eigenvalue weighted by Crippen LogP contribution is -2.53.